The summed E-state index contributed by atoms with van der Waals surface area (Å²) in [6, 6.07) is 20.3. The quantitative estimate of drug-likeness (QED) is 0.132. The number of ether oxygens (including phenoxy) is 2. The van der Waals surface area contributed by atoms with E-state index in [4.69, 9.17) is 9.47 Å². The molecule has 14 heteroatoms. The summed E-state index contributed by atoms with van der Waals surface area (Å²) in [6.07, 6.45) is 3.13. The lowest BCUT2D eigenvalue weighted by Gasteiger charge is -2.34. The fraction of sp³-hybridized carbons (Fsp3) is 0.395. The molecule has 13 nitrogen and oxygen atoms in total. The van der Waals surface area contributed by atoms with Gasteiger partial charge in [-0.25, -0.2) is 14.2 Å². The van der Waals surface area contributed by atoms with Crippen LogP contribution in [0.1, 0.15) is 80.6 Å². The Morgan fingerprint density at radius 2 is 1.54 bits per heavy atom. The molecule has 1 aromatic heterocycles. The van der Waals surface area contributed by atoms with Crippen molar-refractivity contribution in [1.82, 2.24) is 25.1 Å². The molecule has 57 heavy (non-hydrogen) atoms. The highest BCUT2D eigenvalue weighted by Gasteiger charge is 2.36. The average molecular weight is 783 g/mol. The molecule has 0 spiro atoms. The second kappa shape index (κ2) is 18.4. The zero-order valence-electron chi connectivity index (χ0n) is 33.2. The van der Waals surface area contributed by atoms with E-state index in [9.17, 15) is 28.4 Å². The first kappa shape index (κ1) is 42.3. The maximum absolute atomic E-state index is 14.3. The third-order valence-corrected chi connectivity index (χ3v) is 9.57. The van der Waals surface area contributed by atoms with Crippen molar-refractivity contribution >= 4 is 35.4 Å². The van der Waals surface area contributed by atoms with Crippen LogP contribution in [0.4, 0.5) is 15.0 Å². The minimum atomic E-state index is -1.47. The van der Waals surface area contributed by atoms with E-state index in [1.807, 2.05) is 61.5 Å². The van der Waals surface area contributed by atoms with Crippen LogP contribution in [0.5, 0.6) is 0 Å². The van der Waals surface area contributed by atoms with Gasteiger partial charge in [-0.1, -0.05) is 54.6 Å². The molecule has 0 bridgehead atoms. The smallest absolute Gasteiger partial charge is 0.408 e. The number of halogens is 1. The number of Topliss-reactive ketones (excluding diaryl/α,β-unsaturated/α-hetero) is 1. The van der Waals surface area contributed by atoms with Gasteiger partial charge in [0.15, 0.2) is 11.6 Å². The van der Waals surface area contributed by atoms with Crippen molar-refractivity contribution < 1.29 is 37.8 Å². The van der Waals surface area contributed by atoms with E-state index in [-0.39, 0.29) is 36.6 Å². The number of imidazole rings is 1. The van der Waals surface area contributed by atoms with Gasteiger partial charge in [-0.2, -0.15) is 0 Å². The van der Waals surface area contributed by atoms with Gasteiger partial charge in [0.05, 0.1) is 19.5 Å². The highest BCUT2D eigenvalue weighted by Crippen LogP contribution is 2.29. The van der Waals surface area contributed by atoms with Crippen molar-refractivity contribution in [3.8, 4) is 0 Å². The average Bonchev–Trinajstić information content (AvgIpc) is 3.62. The molecule has 4 aromatic rings. The van der Waals surface area contributed by atoms with Gasteiger partial charge in [0, 0.05) is 30.8 Å². The van der Waals surface area contributed by atoms with E-state index in [2.05, 4.69) is 20.9 Å². The molecule has 1 aliphatic heterocycles. The Labute approximate surface area is 332 Å². The van der Waals surface area contributed by atoms with E-state index in [0.29, 0.717) is 31.5 Å². The Balaban J connectivity index is 1.31. The number of benzene rings is 3. The predicted octanol–water partition coefficient (Wildman–Crippen LogP) is 5.98. The number of piperidine rings is 1. The fourth-order valence-corrected chi connectivity index (χ4v) is 6.46. The fourth-order valence-electron chi connectivity index (χ4n) is 6.46. The lowest BCUT2D eigenvalue weighted by atomic mass is 9.88. The summed E-state index contributed by atoms with van der Waals surface area (Å²) in [5, 5.41) is 8.00. The van der Waals surface area contributed by atoms with Crippen LogP contribution in [0, 0.1) is 18.7 Å². The molecule has 1 fully saturated rings. The summed E-state index contributed by atoms with van der Waals surface area (Å²) < 4.78 is 26.3. The van der Waals surface area contributed by atoms with Crippen LogP contribution in [0.3, 0.4) is 0 Å². The zero-order chi connectivity index (χ0) is 41.3. The normalized spacial score (nSPS) is 14.6. The molecule has 1 aliphatic rings. The number of ketones is 1. The summed E-state index contributed by atoms with van der Waals surface area (Å²) in [5.74, 6) is -2.15. The van der Waals surface area contributed by atoms with Gasteiger partial charge in [-0.05, 0) is 95.3 Å². The predicted molar refractivity (Wildman–Crippen MR) is 212 cm³/mol. The molecule has 302 valence electrons. The van der Waals surface area contributed by atoms with Gasteiger partial charge in [-0.3, -0.25) is 19.2 Å². The molecule has 2 heterocycles. The van der Waals surface area contributed by atoms with E-state index >= 15 is 0 Å². The van der Waals surface area contributed by atoms with Crippen LogP contribution in [0.2, 0.25) is 0 Å². The molecule has 2 unspecified atom stereocenters. The standard InChI is InChI=1S/C43H51FN6O7/c1-28-12-10-11-15-33(28)36(39(53)49-22-20-31(21-23-49)37(51)30-16-18-32(44)19-17-30)50-24-35(45-27-50)47-38(52)34(26-56-25-29-13-8-7-9-14-29)46-40(54)43(5,6)48-41(55)57-42(2,3)4/h7-19,24,27,31,34,36H,20-23,25-26H2,1-6H3,(H,46,54)(H,47,52)(H,48,55). The van der Waals surface area contributed by atoms with Crippen molar-refractivity contribution in [1.29, 1.82) is 0 Å². The van der Waals surface area contributed by atoms with Crippen LogP contribution in [0.15, 0.2) is 91.4 Å². The number of anilines is 1. The molecule has 4 amide bonds. The number of likely N-dealkylation sites (tertiary alicyclic amines) is 1. The minimum Gasteiger partial charge on any atom is -0.444 e. The number of alkyl carbamates (subject to hydrolysis) is 1. The SMILES string of the molecule is Cc1ccccc1C(C(=O)N1CCC(C(=O)c2ccc(F)cc2)CC1)n1cnc(NC(=O)C(COCc2ccccc2)NC(=O)C(C)(C)NC(=O)OC(C)(C)C)c1. The van der Waals surface area contributed by atoms with Crippen molar-refractivity contribution in [2.75, 3.05) is 25.0 Å². The molecule has 5 rings (SSSR count). The number of carbonyl (C=O) groups is 5. The molecule has 0 saturated carbocycles. The highest BCUT2D eigenvalue weighted by molar-refractivity contribution is 5.99. The monoisotopic (exact) mass is 782 g/mol. The second-order valence-corrected chi connectivity index (χ2v) is 15.7. The minimum absolute atomic E-state index is 0.0737. The molecule has 3 aromatic carbocycles. The lowest BCUT2D eigenvalue weighted by Crippen LogP contribution is -2.59. The maximum atomic E-state index is 14.3. The molecule has 0 radical (unpaired) electrons. The highest BCUT2D eigenvalue weighted by atomic mass is 19.1. The van der Waals surface area contributed by atoms with Crippen LogP contribution >= 0.6 is 0 Å². The molecule has 1 saturated heterocycles. The third-order valence-electron chi connectivity index (χ3n) is 9.57. The number of nitrogens with zero attached hydrogens (tertiary/aromatic N) is 3. The Hall–Kier alpha value is -5.89. The van der Waals surface area contributed by atoms with Gasteiger partial charge in [0.1, 0.15) is 29.0 Å². The number of hydrogen-bond acceptors (Lipinski definition) is 8. The van der Waals surface area contributed by atoms with Crippen molar-refractivity contribution in [3.63, 3.8) is 0 Å². The number of amides is 4. The Kier molecular flexibility index (Phi) is 13.6. The molecular formula is C43H51FN6O7. The van der Waals surface area contributed by atoms with E-state index < -0.39 is 46.9 Å². The van der Waals surface area contributed by atoms with Gasteiger partial charge in [0.2, 0.25) is 11.8 Å². The molecular weight excluding hydrogens is 732 g/mol. The maximum Gasteiger partial charge on any atom is 0.408 e. The van der Waals surface area contributed by atoms with Crippen molar-refractivity contribution in [2.24, 2.45) is 5.92 Å². The number of hydrogen-bond donors (Lipinski definition) is 3. The number of aryl methyl sites for hydroxylation is 1. The first-order valence-corrected chi connectivity index (χ1v) is 18.9. The topological polar surface area (TPSA) is 161 Å². The molecule has 2 atom stereocenters. The van der Waals surface area contributed by atoms with Crippen molar-refractivity contribution in [2.45, 2.75) is 84.2 Å². The van der Waals surface area contributed by atoms with Gasteiger partial charge in [0.25, 0.3) is 5.91 Å². The largest absolute Gasteiger partial charge is 0.444 e. The van der Waals surface area contributed by atoms with E-state index in [1.54, 1.807) is 36.4 Å². The number of aromatic nitrogens is 2. The molecule has 3 N–H and O–H groups in total. The summed E-state index contributed by atoms with van der Waals surface area (Å²) in [5.41, 5.74) is 0.659. The van der Waals surface area contributed by atoms with Crippen LogP contribution in [0.25, 0.3) is 0 Å². The van der Waals surface area contributed by atoms with E-state index in [0.717, 1.165) is 16.7 Å². The number of nitrogens with one attached hydrogen (secondary N) is 3. The van der Waals surface area contributed by atoms with Crippen LogP contribution in [-0.4, -0.2) is 80.9 Å². The Morgan fingerprint density at radius 1 is 0.895 bits per heavy atom. The van der Waals surface area contributed by atoms with E-state index in [1.165, 1.54) is 44.4 Å². The van der Waals surface area contributed by atoms with Gasteiger partial charge >= 0.3 is 6.09 Å². The third kappa shape index (κ3) is 11.6. The van der Waals surface area contributed by atoms with Crippen molar-refractivity contribution in [3.05, 3.63) is 119 Å². The van der Waals surface area contributed by atoms with Gasteiger partial charge in [-0.15, -0.1) is 0 Å². The molecule has 0 aliphatic carbocycles. The summed E-state index contributed by atoms with van der Waals surface area (Å²) in [7, 11) is 0. The Morgan fingerprint density at radius 3 is 2.19 bits per heavy atom. The first-order valence-electron chi connectivity index (χ1n) is 18.9. The van der Waals surface area contributed by atoms with Crippen LogP contribution < -0.4 is 16.0 Å². The van der Waals surface area contributed by atoms with Gasteiger partial charge < -0.3 is 34.9 Å². The number of carbonyl (C=O) groups excluding carboxylic acids is 5. The second-order valence-electron chi connectivity index (χ2n) is 15.7. The lowest BCUT2D eigenvalue weighted by molar-refractivity contribution is -0.134. The van der Waals surface area contributed by atoms with Crippen LogP contribution in [-0.2, 0) is 30.5 Å². The zero-order valence-corrected chi connectivity index (χ0v) is 33.2. The first-order chi connectivity index (χ1) is 27.0. The number of rotatable bonds is 14. The summed E-state index contributed by atoms with van der Waals surface area (Å²) in [4.78, 5) is 73.5. The Bertz CT molecular complexity index is 2040. The summed E-state index contributed by atoms with van der Waals surface area (Å²) in [6.45, 7) is 10.7. The summed E-state index contributed by atoms with van der Waals surface area (Å²) >= 11 is 0.